The molecule has 0 atom stereocenters. The summed E-state index contributed by atoms with van der Waals surface area (Å²) in [4.78, 5) is 14.2. The third kappa shape index (κ3) is 7.20. The summed E-state index contributed by atoms with van der Waals surface area (Å²) in [6.07, 6.45) is 2.18. The highest BCUT2D eigenvalue weighted by Gasteiger charge is 2.08. The van der Waals surface area contributed by atoms with Crippen molar-refractivity contribution in [1.29, 1.82) is 0 Å². The van der Waals surface area contributed by atoms with Crippen molar-refractivity contribution < 1.29 is 9.53 Å². The third-order valence-corrected chi connectivity index (χ3v) is 4.14. The molecule has 2 N–H and O–H groups in total. The molecule has 1 aliphatic heterocycles. The molecule has 1 aliphatic rings. The third-order valence-electron chi connectivity index (χ3n) is 3.83. The zero-order chi connectivity index (χ0) is 16.3. The standard InChI is InChI=1S/C17H26ClN3O2/c18-15-5-1-2-6-16(15)23-14-3-7-17(22)20-8-4-11-21-12-9-19-10-13-21/h1-2,5-6,19H,3-4,7-14H2,(H,20,22). The first-order chi connectivity index (χ1) is 11.3. The van der Waals surface area contributed by atoms with Gasteiger partial charge >= 0.3 is 0 Å². The fourth-order valence-electron chi connectivity index (χ4n) is 2.53. The van der Waals surface area contributed by atoms with Gasteiger partial charge in [0.15, 0.2) is 0 Å². The number of nitrogens with one attached hydrogen (secondary N) is 2. The number of benzene rings is 1. The molecule has 1 amide bonds. The molecule has 0 spiro atoms. The van der Waals surface area contributed by atoms with Crippen LogP contribution in [0.3, 0.4) is 0 Å². The minimum atomic E-state index is 0.0908. The summed E-state index contributed by atoms with van der Waals surface area (Å²) in [5.41, 5.74) is 0. The normalized spacial score (nSPS) is 15.3. The molecule has 0 saturated carbocycles. The maximum absolute atomic E-state index is 11.8. The van der Waals surface area contributed by atoms with Crippen LogP contribution in [0, 0.1) is 0 Å². The van der Waals surface area contributed by atoms with Gasteiger partial charge in [0.05, 0.1) is 11.6 Å². The number of para-hydroxylation sites is 1. The predicted octanol–water partition coefficient (Wildman–Crippen LogP) is 1.91. The molecule has 2 rings (SSSR count). The molecule has 5 nitrogen and oxygen atoms in total. The summed E-state index contributed by atoms with van der Waals surface area (Å²) in [7, 11) is 0. The largest absolute Gasteiger partial charge is 0.492 e. The Labute approximate surface area is 143 Å². The van der Waals surface area contributed by atoms with E-state index >= 15 is 0 Å². The second kappa shape index (κ2) is 10.5. The molecule has 0 radical (unpaired) electrons. The lowest BCUT2D eigenvalue weighted by Gasteiger charge is -2.27. The minimum absolute atomic E-state index is 0.0908. The quantitative estimate of drug-likeness (QED) is 0.675. The summed E-state index contributed by atoms with van der Waals surface area (Å²) < 4.78 is 5.57. The monoisotopic (exact) mass is 339 g/mol. The minimum Gasteiger partial charge on any atom is -0.492 e. The van der Waals surface area contributed by atoms with E-state index in [4.69, 9.17) is 16.3 Å². The molecule has 0 bridgehead atoms. The van der Waals surface area contributed by atoms with E-state index in [1.165, 1.54) is 0 Å². The van der Waals surface area contributed by atoms with Gasteiger partial charge in [-0.05, 0) is 31.5 Å². The van der Waals surface area contributed by atoms with E-state index in [-0.39, 0.29) is 5.91 Å². The molecular formula is C17H26ClN3O2. The first-order valence-corrected chi connectivity index (χ1v) is 8.70. The Kier molecular flexibility index (Phi) is 8.21. The number of ether oxygens (including phenoxy) is 1. The van der Waals surface area contributed by atoms with Crippen LogP contribution in [-0.2, 0) is 4.79 Å². The number of amides is 1. The maximum atomic E-state index is 11.8. The van der Waals surface area contributed by atoms with E-state index < -0.39 is 0 Å². The summed E-state index contributed by atoms with van der Waals surface area (Å²) in [6.45, 7) is 6.64. The van der Waals surface area contributed by atoms with Crippen LogP contribution in [0.15, 0.2) is 24.3 Å². The summed E-state index contributed by atoms with van der Waals surface area (Å²) in [5, 5.41) is 6.91. The van der Waals surface area contributed by atoms with Crippen LogP contribution in [0.4, 0.5) is 0 Å². The number of rotatable bonds is 9. The van der Waals surface area contributed by atoms with E-state index in [9.17, 15) is 4.79 Å². The lowest BCUT2D eigenvalue weighted by Crippen LogP contribution is -2.44. The van der Waals surface area contributed by atoms with Crippen molar-refractivity contribution in [2.75, 3.05) is 45.9 Å². The number of carbonyl (C=O) groups is 1. The molecule has 0 aromatic heterocycles. The maximum Gasteiger partial charge on any atom is 0.220 e. The van der Waals surface area contributed by atoms with Crippen LogP contribution in [0.2, 0.25) is 5.02 Å². The number of halogens is 1. The zero-order valence-corrected chi connectivity index (χ0v) is 14.3. The Morgan fingerprint density at radius 2 is 2.04 bits per heavy atom. The molecule has 1 heterocycles. The SMILES string of the molecule is O=C(CCCOc1ccccc1Cl)NCCCN1CCNCC1. The smallest absolute Gasteiger partial charge is 0.220 e. The van der Waals surface area contributed by atoms with Crippen LogP contribution >= 0.6 is 11.6 Å². The van der Waals surface area contributed by atoms with Gasteiger partial charge in [-0.1, -0.05) is 23.7 Å². The van der Waals surface area contributed by atoms with Crippen molar-refractivity contribution in [3.05, 3.63) is 29.3 Å². The fourth-order valence-corrected chi connectivity index (χ4v) is 2.72. The van der Waals surface area contributed by atoms with Gasteiger partial charge in [0, 0.05) is 39.1 Å². The Morgan fingerprint density at radius 3 is 2.83 bits per heavy atom. The van der Waals surface area contributed by atoms with Crippen LogP contribution in [0.25, 0.3) is 0 Å². The van der Waals surface area contributed by atoms with E-state index in [0.29, 0.717) is 30.2 Å². The molecule has 1 saturated heterocycles. The predicted molar refractivity (Wildman–Crippen MR) is 93.1 cm³/mol. The second-order valence-electron chi connectivity index (χ2n) is 5.68. The van der Waals surface area contributed by atoms with E-state index in [1.54, 1.807) is 6.07 Å². The average Bonchev–Trinajstić information content (AvgIpc) is 2.58. The molecule has 1 aromatic carbocycles. The van der Waals surface area contributed by atoms with Gasteiger partial charge in [0.25, 0.3) is 0 Å². The Morgan fingerprint density at radius 1 is 1.26 bits per heavy atom. The molecule has 1 aromatic rings. The number of hydrogen-bond donors (Lipinski definition) is 2. The number of nitrogens with zero attached hydrogens (tertiary/aromatic N) is 1. The Hall–Kier alpha value is -1.30. The Balaban J connectivity index is 1.47. The molecule has 128 valence electrons. The lowest BCUT2D eigenvalue weighted by atomic mass is 10.3. The van der Waals surface area contributed by atoms with Gasteiger partial charge in [-0.3, -0.25) is 4.79 Å². The molecule has 1 fully saturated rings. The van der Waals surface area contributed by atoms with Crippen LogP contribution in [0.1, 0.15) is 19.3 Å². The topological polar surface area (TPSA) is 53.6 Å². The van der Waals surface area contributed by atoms with Crippen LogP contribution in [0.5, 0.6) is 5.75 Å². The van der Waals surface area contributed by atoms with Gasteiger partial charge in [0.2, 0.25) is 5.91 Å². The van der Waals surface area contributed by atoms with Gasteiger partial charge < -0.3 is 20.3 Å². The summed E-state index contributed by atoms with van der Waals surface area (Å²) >= 11 is 6.00. The highest BCUT2D eigenvalue weighted by atomic mass is 35.5. The summed E-state index contributed by atoms with van der Waals surface area (Å²) in [5.74, 6) is 0.763. The van der Waals surface area contributed by atoms with E-state index in [1.807, 2.05) is 18.2 Å². The highest BCUT2D eigenvalue weighted by Crippen LogP contribution is 2.23. The number of hydrogen-bond acceptors (Lipinski definition) is 4. The highest BCUT2D eigenvalue weighted by molar-refractivity contribution is 6.32. The molecule has 6 heteroatoms. The molecule has 0 unspecified atom stereocenters. The van der Waals surface area contributed by atoms with Crippen LogP contribution < -0.4 is 15.4 Å². The van der Waals surface area contributed by atoms with Crippen molar-refractivity contribution >= 4 is 17.5 Å². The van der Waals surface area contributed by atoms with E-state index in [2.05, 4.69) is 15.5 Å². The number of carbonyl (C=O) groups excluding carboxylic acids is 1. The van der Waals surface area contributed by atoms with Crippen molar-refractivity contribution in [3.63, 3.8) is 0 Å². The first-order valence-electron chi connectivity index (χ1n) is 8.33. The molecular weight excluding hydrogens is 314 g/mol. The van der Waals surface area contributed by atoms with Crippen molar-refractivity contribution in [2.45, 2.75) is 19.3 Å². The molecule has 0 aliphatic carbocycles. The van der Waals surface area contributed by atoms with Gasteiger partial charge in [0.1, 0.15) is 5.75 Å². The number of piperazine rings is 1. The van der Waals surface area contributed by atoms with Crippen molar-refractivity contribution in [2.24, 2.45) is 0 Å². The van der Waals surface area contributed by atoms with Gasteiger partial charge in [-0.15, -0.1) is 0 Å². The second-order valence-corrected chi connectivity index (χ2v) is 6.08. The Bertz CT molecular complexity index is 479. The van der Waals surface area contributed by atoms with Crippen molar-refractivity contribution in [3.8, 4) is 5.75 Å². The summed E-state index contributed by atoms with van der Waals surface area (Å²) in [6, 6.07) is 7.37. The van der Waals surface area contributed by atoms with E-state index in [0.717, 1.165) is 45.7 Å². The fraction of sp³-hybridized carbons (Fsp3) is 0.588. The van der Waals surface area contributed by atoms with Crippen LogP contribution in [-0.4, -0.2) is 56.7 Å². The first kappa shape index (κ1) is 18.0. The van der Waals surface area contributed by atoms with Crippen molar-refractivity contribution in [1.82, 2.24) is 15.5 Å². The van der Waals surface area contributed by atoms with Gasteiger partial charge in [-0.25, -0.2) is 0 Å². The zero-order valence-electron chi connectivity index (χ0n) is 13.5. The molecule has 23 heavy (non-hydrogen) atoms. The van der Waals surface area contributed by atoms with Gasteiger partial charge in [-0.2, -0.15) is 0 Å². The average molecular weight is 340 g/mol. The lowest BCUT2D eigenvalue weighted by molar-refractivity contribution is -0.121.